The third kappa shape index (κ3) is 5.06. The van der Waals surface area contributed by atoms with E-state index < -0.39 is 15.7 Å². The molecule has 0 saturated carbocycles. The number of anilines is 1. The molecule has 0 atom stereocenters. The van der Waals surface area contributed by atoms with Crippen molar-refractivity contribution >= 4 is 27.4 Å². The van der Waals surface area contributed by atoms with Gasteiger partial charge in [-0.25, -0.2) is 17.5 Å². The Labute approximate surface area is 173 Å². The highest BCUT2D eigenvalue weighted by Crippen LogP contribution is 2.17. The Kier molecular flexibility index (Phi) is 6.22. The van der Waals surface area contributed by atoms with Crippen molar-refractivity contribution in [3.05, 3.63) is 88.6 Å². The number of halogens is 1. The molecule has 1 heterocycles. The molecule has 0 aliphatic rings. The van der Waals surface area contributed by atoms with Gasteiger partial charge in [-0.15, -0.1) is 0 Å². The molecule has 2 aromatic carbocycles. The number of sulfone groups is 1. The van der Waals surface area contributed by atoms with Crippen molar-refractivity contribution in [2.24, 2.45) is 4.99 Å². The summed E-state index contributed by atoms with van der Waals surface area (Å²) in [5, 5.41) is 7.37. The minimum absolute atomic E-state index is 0.0915. The lowest BCUT2D eigenvalue weighted by Crippen LogP contribution is -2.18. The van der Waals surface area contributed by atoms with Gasteiger partial charge in [-0.3, -0.25) is 9.79 Å². The summed E-state index contributed by atoms with van der Waals surface area (Å²) in [6.07, 6.45) is 5.66. The first-order valence-electron chi connectivity index (χ1n) is 8.84. The van der Waals surface area contributed by atoms with Gasteiger partial charge in [-0.05, 0) is 48.5 Å². The van der Waals surface area contributed by atoms with E-state index in [0.717, 1.165) is 6.26 Å². The Morgan fingerprint density at radius 3 is 2.53 bits per heavy atom. The van der Waals surface area contributed by atoms with Crippen LogP contribution in [0.1, 0.15) is 5.69 Å². The van der Waals surface area contributed by atoms with Gasteiger partial charge in [0.25, 0.3) is 0 Å². The predicted molar refractivity (Wildman–Crippen MR) is 115 cm³/mol. The first kappa shape index (κ1) is 21.1. The van der Waals surface area contributed by atoms with Crippen molar-refractivity contribution in [2.45, 2.75) is 4.90 Å². The first-order chi connectivity index (χ1) is 14.3. The molecule has 1 aromatic heterocycles. The lowest BCUT2D eigenvalue weighted by molar-refractivity contribution is 0.602. The molecule has 0 amide bonds. The van der Waals surface area contributed by atoms with E-state index in [-0.39, 0.29) is 16.0 Å². The Morgan fingerprint density at radius 1 is 1.17 bits per heavy atom. The number of nitrogens with zero attached hydrogens (tertiary/aromatic N) is 3. The molecule has 0 radical (unpaired) electrons. The topological polar surface area (TPSA) is 93.4 Å². The van der Waals surface area contributed by atoms with E-state index in [2.05, 4.69) is 15.4 Å². The first-order valence-corrected chi connectivity index (χ1v) is 10.7. The molecule has 0 spiro atoms. The molecule has 3 aromatic rings. The second kappa shape index (κ2) is 8.83. The van der Waals surface area contributed by atoms with Crippen LogP contribution in [0, 0.1) is 5.82 Å². The number of aliphatic imine (C=N–C) groups is 1. The Morgan fingerprint density at radius 2 is 1.90 bits per heavy atom. The lowest BCUT2D eigenvalue weighted by atomic mass is 10.2. The summed E-state index contributed by atoms with van der Waals surface area (Å²) in [5.74, 6) is -0.423. The summed E-state index contributed by atoms with van der Waals surface area (Å²) in [6, 6.07) is 13.3. The summed E-state index contributed by atoms with van der Waals surface area (Å²) in [7, 11) is -1.74. The van der Waals surface area contributed by atoms with E-state index in [1.54, 1.807) is 37.4 Å². The van der Waals surface area contributed by atoms with Crippen molar-refractivity contribution in [3.63, 3.8) is 0 Å². The van der Waals surface area contributed by atoms with Crippen LogP contribution < -0.4 is 10.7 Å². The molecule has 3 rings (SSSR count). The predicted octanol–water partition coefficient (Wildman–Crippen LogP) is 2.93. The third-order valence-corrected chi connectivity index (χ3v) is 5.22. The quantitative estimate of drug-likeness (QED) is 0.612. The van der Waals surface area contributed by atoms with Gasteiger partial charge in [-0.2, -0.15) is 5.10 Å². The second-order valence-electron chi connectivity index (χ2n) is 6.36. The number of hydrogen-bond donors (Lipinski definition) is 1. The maximum absolute atomic E-state index is 13.5. The molecule has 0 fully saturated rings. The third-order valence-electron chi connectivity index (χ3n) is 4.09. The monoisotopic (exact) mass is 426 g/mol. The molecule has 154 valence electrons. The Bertz CT molecular complexity index is 1280. The summed E-state index contributed by atoms with van der Waals surface area (Å²) in [6.45, 7) is 0. The van der Waals surface area contributed by atoms with Crippen LogP contribution in [0.5, 0.6) is 0 Å². The average Bonchev–Trinajstić information content (AvgIpc) is 2.71. The molecule has 30 heavy (non-hydrogen) atoms. The van der Waals surface area contributed by atoms with Crippen molar-refractivity contribution in [3.8, 4) is 5.69 Å². The van der Waals surface area contributed by atoms with E-state index in [1.165, 1.54) is 47.4 Å². The van der Waals surface area contributed by atoms with Crippen LogP contribution in [0.25, 0.3) is 11.4 Å². The van der Waals surface area contributed by atoms with E-state index in [0.29, 0.717) is 17.1 Å². The fraction of sp³-hybridized carbons (Fsp3) is 0.0952. The molecule has 1 N–H and O–H groups in total. The van der Waals surface area contributed by atoms with Crippen molar-refractivity contribution in [2.75, 3.05) is 18.6 Å². The van der Waals surface area contributed by atoms with E-state index >= 15 is 0 Å². The van der Waals surface area contributed by atoms with Gasteiger partial charge in [0.2, 0.25) is 5.43 Å². The van der Waals surface area contributed by atoms with Crippen LogP contribution in [0.4, 0.5) is 10.1 Å². The normalized spacial score (nSPS) is 12.3. The van der Waals surface area contributed by atoms with Gasteiger partial charge in [0, 0.05) is 37.5 Å². The van der Waals surface area contributed by atoms with Crippen LogP contribution in [-0.4, -0.2) is 37.7 Å². The fourth-order valence-corrected chi connectivity index (χ4v) is 3.27. The minimum Gasteiger partial charge on any atom is -0.353 e. The summed E-state index contributed by atoms with van der Waals surface area (Å²) >= 11 is 0. The number of rotatable bonds is 6. The zero-order valence-electron chi connectivity index (χ0n) is 16.3. The Balaban J connectivity index is 2.04. The summed E-state index contributed by atoms with van der Waals surface area (Å²) in [4.78, 5) is 16.6. The second-order valence-corrected chi connectivity index (χ2v) is 8.38. The fourth-order valence-electron chi connectivity index (χ4n) is 2.63. The zero-order valence-corrected chi connectivity index (χ0v) is 17.1. The smallest absolute Gasteiger partial charge is 0.209 e. The standard InChI is InChI=1S/C21H19FN4O3S/c1-23-12-10-19(24-16-5-3-4-15(22)14-16)21-20(27)11-13-26(25-21)17-6-8-18(9-7-17)30(2,28)29/h3-14,24H,1-2H3/b19-10-,23-12-. The van der Waals surface area contributed by atoms with Crippen LogP contribution in [-0.2, 0) is 9.84 Å². The highest BCUT2D eigenvalue weighted by Gasteiger charge is 2.12. The highest BCUT2D eigenvalue weighted by molar-refractivity contribution is 7.90. The molecular formula is C21H19FN4O3S. The van der Waals surface area contributed by atoms with Gasteiger partial charge in [0.15, 0.2) is 15.5 Å². The molecular weight excluding hydrogens is 407 g/mol. The van der Waals surface area contributed by atoms with Crippen LogP contribution in [0.3, 0.4) is 0 Å². The Hall–Kier alpha value is -3.59. The molecule has 0 bridgehead atoms. The molecule has 7 nitrogen and oxygen atoms in total. The van der Waals surface area contributed by atoms with Gasteiger partial charge >= 0.3 is 0 Å². The molecule has 0 aliphatic heterocycles. The molecule has 0 saturated heterocycles. The van der Waals surface area contributed by atoms with Crippen LogP contribution in [0.15, 0.2) is 81.6 Å². The van der Waals surface area contributed by atoms with Crippen molar-refractivity contribution in [1.29, 1.82) is 0 Å². The number of aromatic nitrogens is 2. The summed E-state index contributed by atoms with van der Waals surface area (Å²) < 4.78 is 38.3. The zero-order chi connectivity index (χ0) is 21.7. The largest absolute Gasteiger partial charge is 0.353 e. The number of hydrogen-bond acceptors (Lipinski definition) is 6. The maximum Gasteiger partial charge on any atom is 0.209 e. The minimum atomic E-state index is -3.32. The van der Waals surface area contributed by atoms with E-state index in [1.807, 2.05) is 0 Å². The van der Waals surface area contributed by atoms with Gasteiger partial charge < -0.3 is 5.32 Å². The van der Waals surface area contributed by atoms with Gasteiger partial charge in [0.05, 0.1) is 16.3 Å². The number of benzene rings is 2. The maximum atomic E-state index is 13.5. The van der Waals surface area contributed by atoms with Crippen molar-refractivity contribution in [1.82, 2.24) is 9.78 Å². The van der Waals surface area contributed by atoms with E-state index in [4.69, 9.17) is 0 Å². The van der Waals surface area contributed by atoms with Gasteiger partial charge in [0.1, 0.15) is 5.82 Å². The number of allylic oxidation sites excluding steroid dienone is 1. The molecule has 0 unspecified atom stereocenters. The van der Waals surface area contributed by atoms with E-state index in [9.17, 15) is 17.6 Å². The average molecular weight is 426 g/mol. The molecule has 9 heteroatoms. The SMILES string of the molecule is C/N=C\C=C(/Nc1cccc(F)c1)c1nn(-c2ccc(S(C)(=O)=O)cc2)ccc1=O. The van der Waals surface area contributed by atoms with Crippen LogP contribution in [0.2, 0.25) is 0 Å². The lowest BCUT2D eigenvalue weighted by Gasteiger charge is -2.12. The highest BCUT2D eigenvalue weighted by atomic mass is 32.2. The number of nitrogens with one attached hydrogen (secondary N) is 1. The van der Waals surface area contributed by atoms with Crippen LogP contribution >= 0.6 is 0 Å². The summed E-state index contributed by atoms with van der Waals surface area (Å²) in [5.41, 5.74) is 1.09. The van der Waals surface area contributed by atoms with Crippen molar-refractivity contribution < 1.29 is 12.8 Å². The van der Waals surface area contributed by atoms with Gasteiger partial charge in [-0.1, -0.05) is 6.07 Å². The molecule has 0 aliphatic carbocycles.